The molecular weight excluding hydrogens is 282 g/mol. The molecule has 3 rings (SSSR count). The molecule has 118 valence electrons. The summed E-state index contributed by atoms with van der Waals surface area (Å²) in [5.74, 6) is -0.341. The number of hydrogen-bond donors (Lipinski definition) is 2. The topological polar surface area (TPSA) is 78.6 Å². The van der Waals surface area contributed by atoms with Crippen LogP contribution >= 0.6 is 0 Å². The number of nitrogens with zero attached hydrogens (tertiary/aromatic N) is 2. The molecule has 0 bridgehead atoms. The lowest BCUT2D eigenvalue weighted by Crippen LogP contribution is -2.27. The van der Waals surface area contributed by atoms with Crippen molar-refractivity contribution in [1.82, 2.24) is 15.2 Å². The first-order chi connectivity index (χ1) is 10.7. The molecule has 0 unspecified atom stereocenters. The number of rotatable bonds is 5. The number of carbonyl (C=O) groups is 1. The van der Waals surface area contributed by atoms with E-state index in [1.165, 1.54) is 12.0 Å². The van der Waals surface area contributed by atoms with E-state index in [9.17, 15) is 4.79 Å². The molecule has 0 radical (unpaired) electrons. The minimum Gasteiger partial charge on any atom is -0.481 e. The van der Waals surface area contributed by atoms with Crippen molar-refractivity contribution in [2.45, 2.75) is 25.8 Å². The Hall–Kier alpha value is -1.92. The first-order valence-corrected chi connectivity index (χ1v) is 7.74. The number of benzene rings is 1. The Morgan fingerprint density at radius 3 is 3.14 bits per heavy atom. The van der Waals surface area contributed by atoms with Crippen LogP contribution < -0.4 is 5.32 Å². The van der Waals surface area contributed by atoms with E-state index < -0.39 is 5.97 Å². The van der Waals surface area contributed by atoms with Crippen LogP contribution in [0.2, 0.25) is 0 Å². The highest BCUT2D eigenvalue weighted by atomic mass is 16.4. The lowest BCUT2D eigenvalue weighted by molar-refractivity contribution is -0.137. The summed E-state index contributed by atoms with van der Waals surface area (Å²) >= 11 is 0. The van der Waals surface area contributed by atoms with Gasteiger partial charge in [0.2, 0.25) is 0 Å². The molecule has 0 spiro atoms. The second kappa shape index (κ2) is 6.89. The van der Waals surface area contributed by atoms with E-state index >= 15 is 0 Å². The molecule has 6 nitrogen and oxygen atoms in total. The van der Waals surface area contributed by atoms with Gasteiger partial charge >= 0.3 is 5.97 Å². The number of aryl methyl sites for hydroxylation is 1. The normalized spacial score (nSPS) is 16.7. The molecule has 0 amide bonds. The average Bonchev–Trinajstić information content (AvgIpc) is 2.72. The molecule has 0 saturated carbocycles. The molecule has 6 heteroatoms. The van der Waals surface area contributed by atoms with Crippen LogP contribution in [0.3, 0.4) is 0 Å². The predicted octanol–water partition coefficient (Wildman–Crippen LogP) is 1.64. The summed E-state index contributed by atoms with van der Waals surface area (Å²) in [5, 5.41) is 12.1. The number of carboxylic acid groups (broad SMARTS) is 1. The third-order valence-electron chi connectivity index (χ3n) is 3.89. The van der Waals surface area contributed by atoms with E-state index in [2.05, 4.69) is 21.3 Å². The second-order valence-electron chi connectivity index (χ2n) is 5.68. The van der Waals surface area contributed by atoms with Crippen LogP contribution in [0, 0.1) is 0 Å². The van der Waals surface area contributed by atoms with Gasteiger partial charge in [-0.2, -0.15) is 0 Å². The monoisotopic (exact) mass is 303 g/mol. The first-order valence-electron chi connectivity index (χ1n) is 7.74. The summed E-state index contributed by atoms with van der Waals surface area (Å²) in [4.78, 5) is 17.4. The van der Waals surface area contributed by atoms with E-state index in [1.54, 1.807) is 0 Å². The fourth-order valence-electron chi connectivity index (χ4n) is 2.76. The van der Waals surface area contributed by atoms with Crippen LogP contribution in [0.1, 0.15) is 24.3 Å². The fraction of sp³-hybridized carbons (Fsp3) is 0.500. The van der Waals surface area contributed by atoms with Crippen LogP contribution in [0.5, 0.6) is 0 Å². The molecule has 1 aliphatic heterocycles. The van der Waals surface area contributed by atoms with E-state index in [4.69, 9.17) is 9.52 Å². The number of carboxylic acids is 1. The molecule has 1 aromatic carbocycles. The molecule has 2 N–H and O–H groups in total. The minimum absolute atomic E-state index is 0.0421. The Labute approximate surface area is 129 Å². The van der Waals surface area contributed by atoms with Gasteiger partial charge in [-0.1, -0.05) is 6.07 Å². The van der Waals surface area contributed by atoms with Crippen molar-refractivity contribution < 1.29 is 14.3 Å². The summed E-state index contributed by atoms with van der Waals surface area (Å²) in [6, 6.07) is 6.03. The first kappa shape index (κ1) is 15.0. The molecule has 2 heterocycles. The van der Waals surface area contributed by atoms with Crippen LogP contribution in [-0.2, 0) is 17.8 Å². The molecule has 0 atom stereocenters. The van der Waals surface area contributed by atoms with Crippen molar-refractivity contribution in [3.05, 3.63) is 29.7 Å². The van der Waals surface area contributed by atoms with Gasteiger partial charge in [0.25, 0.3) is 0 Å². The van der Waals surface area contributed by atoms with Crippen molar-refractivity contribution >= 4 is 17.1 Å². The maximum atomic E-state index is 10.6. The average molecular weight is 303 g/mol. The lowest BCUT2D eigenvalue weighted by atomic mass is 10.2. The highest BCUT2D eigenvalue weighted by Crippen LogP contribution is 2.19. The summed E-state index contributed by atoms with van der Waals surface area (Å²) in [7, 11) is 0. The third-order valence-corrected chi connectivity index (χ3v) is 3.89. The highest BCUT2D eigenvalue weighted by Gasteiger charge is 2.12. The fourth-order valence-corrected chi connectivity index (χ4v) is 2.76. The van der Waals surface area contributed by atoms with E-state index in [1.807, 2.05) is 12.1 Å². The van der Waals surface area contributed by atoms with Crippen LogP contribution in [0.4, 0.5) is 0 Å². The largest absolute Gasteiger partial charge is 0.481 e. The van der Waals surface area contributed by atoms with Crippen molar-refractivity contribution in [3.8, 4) is 0 Å². The summed E-state index contributed by atoms with van der Waals surface area (Å²) < 4.78 is 5.59. The zero-order chi connectivity index (χ0) is 15.4. The van der Waals surface area contributed by atoms with Gasteiger partial charge in [-0.3, -0.25) is 9.69 Å². The second-order valence-corrected chi connectivity index (χ2v) is 5.68. The quantitative estimate of drug-likeness (QED) is 0.874. The van der Waals surface area contributed by atoms with E-state index in [0.29, 0.717) is 12.3 Å². The van der Waals surface area contributed by atoms with Gasteiger partial charge in [0.15, 0.2) is 11.5 Å². The molecule has 1 saturated heterocycles. The number of aliphatic carboxylic acids is 1. The molecule has 22 heavy (non-hydrogen) atoms. The molecule has 2 aromatic rings. The van der Waals surface area contributed by atoms with Gasteiger partial charge in [-0.25, -0.2) is 4.98 Å². The van der Waals surface area contributed by atoms with Gasteiger partial charge in [0.1, 0.15) is 5.52 Å². The van der Waals surface area contributed by atoms with Crippen LogP contribution in [0.15, 0.2) is 22.6 Å². The number of fused-ring (bicyclic) bond motifs is 1. The Kier molecular flexibility index (Phi) is 4.70. The minimum atomic E-state index is -0.835. The maximum absolute atomic E-state index is 10.6. The third kappa shape index (κ3) is 3.84. The molecular formula is C16H21N3O3. The van der Waals surface area contributed by atoms with Crippen molar-refractivity contribution in [2.75, 3.05) is 26.2 Å². The maximum Gasteiger partial charge on any atom is 0.303 e. The van der Waals surface area contributed by atoms with Gasteiger partial charge < -0.3 is 14.8 Å². The molecule has 1 fully saturated rings. The van der Waals surface area contributed by atoms with Gasteiger partial charge in [0, 0.05) is 26.1 Å². The van der Waals surface area contributed by atoms with Crippen LogP contribution in [0.25, 0.3) is 11.1 Å². The van der Waals surface area contributed by atoms with Gasteiger partial charge in [-0.15, -0.1) is 0 Å². The number of hydrogen-bond acceptors (Lipinski definition) is 5. The van der Waals surface area contributed by atoms with E-state index in [0.717, 1.165) is 43.8 Å². The van der Waals surface area contributed by atoms with E-state index in [-0.39, 0.29) is 6.42 Å². The Bertz CT molecular complexity index is 645. The summed E-state index contributed by atoms with van der Waals surface area (Å²) in [6.45, 7) is 5.20. The number of nitrogens with one attached hydrogen (secondary N) is 1. The number of oxazole rings is 1. The van der Waals surface area contributed by atoms with Gasteiger partial charge in [0.05, 0.1) is 6.42 Å². The Morgan fingerprint density at radius 1 is 1.36 bits per heavy atom. The zero-order valence-electron chi connectivity index (χ0n) is 12.5. The standard InChI is InChI=1S/C16H21N3O3/c20-16(21)5-4-15-18-13-10-12(2-3-14(13)22-15)11-19-8-1-6-17-7-9-19/h2-3,10,17H,1,4-9,11H2,(H,20,21). The lowest BCUT2D eigenvalue weighted by Gasteiger charge is -2.19. The molecule has 1 aromatic heterocycles. The SMILES string of the molecule is O=C(O)CCc1nc2cc(CN3CCCNCC3)ccc2o1. The van der Waals surface area contributed by atoms with Crippen molar-refractivity contribution in [3.63, 3.8) is 0 Å². The zero-order valence-corrected chi connectivity index (χ0v) is 12.5. The smallest absolute Gasteiger partial charge is 0.303 e. The summed E-state index contributed by atoms with van der Waals surface area (Å²) in [6.07, 6.45) is 1.54. The summed E-state index contributed by atoms with van der Waals surface area (Å²) in [5.41, 5.74) is 2.75. The Morgan fingerprint density at radius 2 is 2.27 bits per heavy atom. The Balaban J connectivity index is 1.70. The van der Waals surface area contributed by atoms with Gasteiger partial charge in [-0.05, 0) is 37.2 Å². The highest BCUT2D eigenvalue weighted by molar-refractivity contribution is 5.73. The van der Waals surface area contributed by atoms with Crippen molar-refractivity contribution in [2.24, 2.45) is 0 Å². The molecule has 1 aliphatic rings. The molecule has 0 aliphatic carbocycles. The van der Waals surface area contributed by atoms with Crippen molar-refractivity contribution in [1.29, 1.82) is 0 Å². The number of aromatic nitrogens is 1. The van der Waals surface area contributed by atoms with Crippen LogP contribution in [-0.4, -0.2) is 47.1 Å². The predicted molar refractivity (Wildman–Crippen MR) is 82.7 cm³/mol.